The van der Waals surface area contributed by atoms with Crippen molar-refractivity contribution in [3.63, 3.8) is 0 Å². The summed E-state index contributed by atoms with van der Waals surface area (Å²) in [5, 5.41) is 0. The average Bonchev–Trinajstić information content (AvgIpc) is 2.32. The topological polar surface area (TPSA) is 31.2 Å². The fourth-order valence-corrected chi connectivity index (χ4v) is 1.58. The Morgan fingerprint density at radius 2 is 1.88 bits per heavy atom. The zero-order valence-corrected chi connectivity index (χ0v) is 10.1. The molecule has 4 heteroatoms. The zero-order valence-electron chi connectivity index (χ0n) is 8.47. The second-order valence-corrected chi connectivity index (χ2v) is 4.19. The maximum atomic E-state index is 11.4. The minimum absolute atomic E-state index is 0.181. The standard InChI is InChI=1S/C12H10BrNO2/c13-11-6-7-12(15)14(8-11)16-9-10-4-2-1-3-5-10/h1-8H,9H2. The Kier molecular flexibility index (Phi) is 3.41. The van der Waals surface area contributed by atoms with E-state index >= 15 is 0 Å². The highest BCUT2D eigenvalue weighted by atomic mass is 79.9. The molecule has 0 aliphatic rings. The lowest BCUT2D eigenvalue weighted by molar-refractivity contribution is 0.0887. The molecule has 0 bridgehead atoms. The van der Waals surface area contributed by atoms with Crippen molar-refractivity contribution in [3.05, 3.63) is 69.1 Å². The van der Waals surface area contributed by atoms with Crippen LogP contribution in [-0.2, 0) is 6.61 Å². The van der Waals surface area contributed by atoms with Crippen LogP contribution in [0.25, 0.3) is 0 Å². The van der Waals surface area contributed by atoms with E-state index in [9.17, 15) is 4.79 Å². The van der Waals surface area contributed by atoms with Crippen molar-refractivity contribution >= 4 is 15.9 Å². The second-order valence-electron chi connectivity index (χ2n) is 3.27. The van der Waals surface area contributed by atoms with Crippen LogP contribution in [0.15, 0.2) is 57.9 Å². The van der Waals surface area contributed by atoms with Crippen molar-refractivity contribution in [2.45, 2.75) is 6.61 Å². The fourth-order valence-electron chi connectivity index (χ4n) is 1.26. The number of pyridine rings is 1. The van der Waals surface area contributed by atoms with Crippen molar-refractivity contribution in [1.29, 1.82) is 0 Å². The van der Waals surface area contributed by atoms with E-state index in [1.165, 1.54) is 10.8 Å². The van der Waals surface area contributed by atoms with Crippen LogP contribution in [-0.4, -0.2) is 4.73 Å². The molecular formula is C12H10BrNO2. The molecule has 2 aromatic rings. The summed E-state index contributed by atoms with van der Waals surface area (Å²) in [4.78, 5) is 16.8. The number of hydrogen-bond acceptors (Lipinski definition) is 2. The summed E-state index contributed by atoms with van der Waals surface area (Å²) in [5.41, 5.74) is 0.841. The van der Waals surface area contributed by atoms with E-state index < -0.39 is 0 Å². The third-order valence-electron chi connectivity index (χ3n) is 2.06. The van der Waals surface area contributed by atoms with Gasteiger partial charge in [0.2, 0.25) is 0 Å². The molecule has 0 aliphatic heterocycles. The molecule has 0 amide bonds. The second kappa shape index (κ2) is 4.99. The predicted molar refractivity (Wildman–Crippen MR) is 65.1 cm³/mol. The summed E-state index contributed by atoms with van der Waals surface area (Å²) in [6, 6.07) is 12.8. The van der Waals surface area contributed by atoms with Crippen LogP contribution in [0.4, 0.5) is 0 Å². The van der Waals surface area contributed by atoms with Crippen molar-refractivity contribution in [1.82, 2.24) is 4.73 Å². The van der Waals surface area contributed by atoms with Gasteiger partial charge in [0.15, 0.2) is 0 Å². The first kappa shape index (κ1) is 11.0. The largest absolute Gasteiger partial charge is 0.406 e. The summed E-state index contributed by atoms with van der Waals surface area (Å²) in [7, 11) is 0. The highest BCUT2D eigenvalue weighted by molar-refractivity contribution is 9.10. The third-order valence-corrected chi connectivity index (χ3v) is 2.53. The molecule has 1 heterocycles. The smallest absolute Gasteiger partial charge is 0.283 e. The first-order valence-corrected chi connectivity index (χ1v) is 5.60. The summed E-state index contributed by atoms with van der Waals surface area (Å²) in [6.45, 7) is 0.372. The van der Waals surface area contributed by atoms with Crippen molar-refractivity contribution < 1.29 is 4.84 Å². The van der Waals surface area contributed by atoms with Crippen LogP contribution in [0.1, 0.15) is 5.56 Å². The van der Waals surface area contributed by atoms with Crippen molar-refractivity contribution in [2.24, 2.45) is 0 Å². The molecule has 0 unspecified atom stereocenters. The molecule has 0 aliphatic carbocycles. The van der Waals surface area contributed by atoms with Gasteiger partial charge in [0.1, 0.15) is 6.61 Å². The number of halogens is 1. The molecule has 2 rings (SSSR count). The maximum Gasteiger partial charge on any atom is 0.283 e. The Hall–Kier alpha value is -1.55. The van der Waals surface area contributed by atoms with E-state index in [1.807, 2.05) is 30.3 Å². The van der Waals surface area contributed by atoms with Crippen LogP contribution in [0.3, 0.4) is 0 Å². The Bertz CT molecular complexity index is 522. The Morgan fingerprint density at radius 3 is 2.62 bits per heavy atom. The Morgan fingerprint density at radius 1 is 1.12 bits per heavy atom. The number of benzene rings is 1. The minimum Gasteiger partial charge on any atom is -0.406 e. The Labute approximate surface area is 101 Å². The SMILES string of the molecule is O=c1ccc(Br)cn1OCc1ccccc1. The highest BCUT2D eigenvalue weighted by Gasteiger charge is 1.98. The molecule has 0 atom stereocenters. The summed E-state index contributed by atoms with van der Waals surface area (Å²) in [6.07, 6.45) is 1.60. The van der Waals surface area contributed by atoms with E-state index in [0.29, 0.717) is 6.61 Å². The monoisotopic (exact) mass is 279 g/mol. The molecule has 1 aromatic carbocycles. The lowest BCUT2D eigenvalue weighted by Gasteiger charge is -2.07. The van der Waals surface area contributed by atoms with E-state index in [-0.39, 0.29) is 5.56 Å². The summed E-state index contributed by atoms with van der Waals surface area (Å²) >= 11 is 3.28. The molecule has 82 valence electrons. The third kappa shape index (κ3) is 2.73. The van der Waals surface area contributed by atoms with Gasteiger partial charge in [0, 0.05) is 10.5 Å². The molecule has 1 aromatic heterocycles. The lowest BCUT2D eigenvalue weighted by Crippen LogP contribution is -2.25. The first-order chi connectivity index (χ1) is 7.75. The van der Waals surface area contributed by atoms with E-state index in [0.717, 1.165) is 10.0 Å². The van der Waals surface area contributed by atoms with Gasteiger partial charge in [-0.1, -0.05) is 30.3 Å². The molecule has 16 heavy (non-hydrogen) atoms. The number of nitrogens with zero attached hydrogens (tertiary/aromatic N) is 1. The molecule has 0 saturated carbocycles. The molecule has 0 spiro atoms. The van der Waals surface area contributed by atoms with Gasteiger partial charge in [-0.05, 0) is 27.6 Å². The van der Waals surface area contributed by atoms with E-state index in [4.69, 9.17) is 4.84 Å². The van der Waals surface area contributed by atoms with Gasteiger partial charge in [-0.2, -0.15) is 4.73 Å². The summed E-state index contributed by atoms with van der Waals surface area (Å²) in [5.74, 6) is 0. The van der Waals surface area contributed by atoms with E-state index in [2.05, 4.69) is 15.9 Å². The predicted octanol–water partition coefficient (Wildman–Crippen LogP) is 2.24. The number of hydrogen-bond donors (Lipinski definition) is 0. The van der Waals surface area contributed by atoms with E-state index in [1.54, 1.807) is 12.3 Å². The van der Waals surface area contributed by atoms with Gasteiger partial charge < -0.3 is 4.84 Å². The van der Waals surface area contributed by atoms with Crippen molar-refractivity contribution in [3.8, 4) is 0 Å². The van der Waals surface area contributed by atoms with Gasteiger partial charge in [-0.3, -0.25) is 4.79 Å². The molecule has 0 saturated heterocycles. The first-order valence-electron chi connectivity index (χ1n) is 4.81. The fraction of sp³-hybridized carbons (Fsp3) is 0.0833. The van der Waals surface area contributed by atoms with Gasteiger partial charge in [0.25, 0.3) is 5.56 Å². The van der Waals surface area contributed by atoms with Crippen molar-refractivity contribution in [2.75, 3.05) is 0 Å². The Balaban J connectivity index is 2.11. The molecule has 3 nitrogen and oxygen atoms in total. The molecule has 0 radical (unpaired) electrons. The van der Waals surface area contributed by atoms with Gasteiger partial charge in [-0.25, -0.2) is 0 Å². The number of aromatic nitrogens is 1. The maximum absolute atomic E-state index is 11.4. The van der Waals surface area contributed by atoms with Crippen LogP contribution in [0.5, 0.6) is 0 Å². The summed E-state index contributed by atoms with van der Waals surface area (Å²) < 4.78 is 2.03. The van der Waals surface area contributed by atoms with Gasteiger partial charge in [-0.15, -0.1) is 0 Å². The molecule has 0 fully saturated rings. The van der Waals surface area contributed by atoms with Gasteiger partial charge in [0.05, 0.1) is 6.20 Å². The zero-order chi connectivity index (χ0) is 11.4. The van der Waals surface area contributed by atoms with Crippen LogP contribution in [0.2, 0.25) is 0 Å². The normalized spacial score (nSPS) is 10.1. The quantitative estimate of drug-likeness (QED) is 0.863. The molecular weight excluding hydrogens is 270 g/mol. The minimum atomic E-state index is -0.181. The van der Waals surface area contributed by atoms with Crippen LogP contribution >= 0.6 is 15.9 Å². The van der Waals surface area contributed by atoms with Gasteiger partial charge >= 0.3 is 0 Å². The van der Waals surface area contributed by atoms with Crippen LogP contribution < -0.4 is 10.4 Å². The molecule has 0 N–H and O–H groups in total. The highest BCUT2D eigenvalue weighted by Crippen LogP contribution is 2.04. The number of rotatable bonds is 3. The van der Waals surface area contributed by atoms with Crippen LogP contribution in [0, 0.1) is 0 Å². The lowest BCUT2D eigenvalue weighted by atomic mass is 10.2. The average molecular weight is 280 g/mol.